The van der Waals surface area contributed by atoms with Crippen molar-refractivity contribution >= 4 is 16.5 Å². The second-order valence-electron chi connectivity index (χ2n) is 4.90. The summed E-state index contributed by atoms with van der Waals surface area (Å²) in [6.07, 6.45) is 0. The van der Waals surface area contributed by atoms with Gasteiger partial charge in [0.05, 0.1) is 0 Å². The minimum absolute atomic E-state index is 0.00217. The van der Waals surface area contributed by atoms with Crippen molar-refractivity contribution in [2.24, 2.45) is 7.05 Å². The molecule has 2 rings (SSSR count). The van der Waals surface area contributed by atoms with E-state index in [1.165, 1.54) is 10.6 Å². The number of aromatic hydroxyl groups is 1. The van der Waals surface area contributed by atoms with Gasteiger partial charge in [-0.2, -0.15) is 0 Å². The van der Waals surface area contributed by atoms with Gasteiger partial charge in [0.1, 0.15) is 0 Å². The molecule has 0 unspecified atom stereocenters. The highest BCUT2D eigenvalue weighted by Gasteiger charge is 2.06. The zero-order valence-corrected chi connectivity index (χ0v) is 11.5. The maximum absolute atomic E-state index is 11.6. The highest BCUT2D eigenvalue weighted by Crippen LogP contribution is 2.24. The molecule has 0 aliphatic heterocycles. The van der Waals surface area contributed by atoms with E-state index in [0.29, 0.717) is 5.39 Å². The van der Waals surface area contributed by atoms with E-state index < -0.39 is 0 Å². The third-order valence-corrected chi connectivity index (χ3v) is 3.11. The highest BCUT2D eigenvalue weighted by atomic mass is 16.3. The number of likely N-dealkylation sites (N-methyl/N-ethyl adjacent to an activating group) is 1. The van der Waals surface area contributed by atoms with Crippen LogP contribution in [-0.2, 0) is 7.05 Å². The van der Waals surface area contributed by atoms with Crippen LogP contribution in [0.3, 0.4) is 0 Å². The van der Waals surface area contributed by atoms with Crippen molar-refractivity contribution in [3.05, 3.63) is 34.6 Å². The molecule has 1 heterocycles. The normalized spacial score (nSPS) is 11.2. The van der Waals surface area contributed by atoms with Gasteiger partial charge in [0, 0.05) is 37.3 Å². The Hall–Kier alpha value is -2.01. The summed E-state index contributed by atoms with van der Waals surface area (Å²) in [5, 5.41) is 14.6. The van der Waals surface area contributed by atoms with E-state index in [1.807, 2.05) is 32.3 Å². The van der Waals surface area contributed by atoms with Crippen LogP contribution in [0.25, 0.3) is 10.8 Å². The number of benzene rings is 1. The molecule has 0 amide bonds. The highest BCUT2D eigenvalue weighted by molar-refractivity contribution is 5.89. The molecule has 5 heteroatoms. The lowest BCUT2D eigenvalue weighted by molar-refractivity contribution is 0.425. The molecule has 2 N–H and O–H groups in total. The van der Waals surface area contributed by atoms with Gasteiger partial charge in [-0.25, -0.2) is 0 Å². The molecular formula is C14H19N3O2. The van der Waals surface area contributed by atoms with Gasteiger partial charge in [-0.15, -0.1) is 0 Å². The molecule has 2 aromatic rings. The number of pyridine rings is 1. The molecule has 0 radical (unpaired) electrons. The van der Waals surface area contributed by atoms with E-state index in [2.05, 4.69) is 10.2 Å². The summed E-state index contributed by atoms with van der Waals surface area (Å²) in [4.78, 5) is 13.7. The Morgan fingerprint density at radius 3 is 2.74 bits per heavy atom. The molecule has 0 aliphatic rings. The Kier molecular flexibility index (Phi) is 3.76. The van der Waals surface area contributed by atoms with Crippen LogP contribution in [0.4, 0.5) is 5.69 Å². The molecule has 5 nitrogen and oxygen atoms in total. The van der Waals surface area contributed by atoms with Crippen molar-refractivity contribution in [2.45, 2.75) is 0 Å². The van der Waals surface area contributed by atoms with Crippen LogP contribution >= 0.6 is 0 Å². The Labute approximate surface area is 112 Å². The van der Waals surface area contributed by atoms with Gasteiger partial charge in [0.15, 0.2) is 0 Å². The molecule has 19 heavy (non-hydrogen) atoms. The lowest BCUT2D eigenvalue weighted by Crippen LogP contribution is -2.20. The van der Waals surface area contributed by atoms with Crippen LogP contribution in [0.15, 0.2) is 29.1 Å². The van der Waals surface area contributed by atoms with E-state index in [9.17, 15) is 9.90 Å². The first-order valence-electron chi connectivity index (χ1n) is 6.20. The standard InChI is InChI=1S/C14H19N3O2/c1-16(2)7-6-15-11-4-5-12-10(8-11)9-13(18)17(3)14(12)19/h4-5,8-9,15,19H,6-7H2,1-3H3. The van der Waals surface area contributed by atoms with Crippen molar-refractivity contribution < 1.29 is 5.11 Å². The first kappa shape index (κ1) is 13.4. The number of fused-ring (bicyclic) bond motifs is 1. The van der Waals surface area contributed by atoms with Crippen molar-refractivity contribution in [3.8, 4) is 5.88 Å². The Morgan fingerprint density at radius 1 is 1.32 bits per heavy atom. The summed E-state index contributed by atoms with van der Waals surface area (Å²) in [5.74, 6) is 0.00217. The lowest BCUT2D eigenvalue weighted by Gasteiger charge is -2.12. The summed E-state index contributed by atoms with van der Waals surface area (Å²) < 4.78 is 1.24. The molecule has 0 fully saturated rings. The maximum Gasteiger partial charge on any atom is 0.253 e. The number of hydrogen-bond donors (Lipinski definition) is 2. The van der Waals surface area contributed by atoms with Gasteiger partial charge in [-0.05, 0) is 37.7 Å². The third kappa shape index (κ3) is 2.88. The van der Waals surface area contributed by atoms with Crippen LogP contribution in [-0.4, -0.2) is 41.8 Å². The molecule has 1 aromatic carbocycles. The van der Waals surface area contributed by atoms with Crippen LogP contribution in [0, 0.1) is 0 Å². The summed E-state index contributed by atoms with van der Waals surface area (Å²) >= 11 is 0. The molecule has 0 saturated carbocycles. The van der Waals surface area contributed by atoms with Gasteiger partial charge < -0.3 is 15.3 Å². The quantitative estimate of drug-likeness (QED) is 0.869. The van der Waals surface area contributed by atoms with E-state index in [1.54, 1.807) is 7.05 Å². The van der Waals surface area contributed by atoms with Crippen LogP contribution in [0.2, 0.25) is 0 Å². The second kappa shape index (κ2) is 5.32. The van der Waals surface area contributed by atoms with E-state index in [0.717, 1.165) is 24.2 Å². The topological polar surface area (TPSA) is 57.5 Å². The Bertz CT molecular complexity index is 647. The fourth-order valence-corrected chi connectivity index (χ4v) is 1.93. The van der Waals surface area contributed by atoms with Crippen molar-refractivity contribution in [1.29, 1.82) is 0 Å². The van der Waals surface area contributed by atoms with E-state index >= 15 is 0 Å². The molecule has 0 saturated heterocycles. The first-order chi connectivity index (χ1) is 8.99. The average molecular weight is 261 g/mol. The van der Waals surface area contributed by atoms with Crippen molar-refractivity contribution in [3.63, 3.8) is 0 Å². The average Bonchev–Trinajstić information content (AvgIpc) is 2.35. The maximum atomic E-state index is 11.6. The number of nitrogens with one attached hydrogen (secondary N) is 1. The molecule has 0 bridgehead atoms. The predicted octanol–water partition coefficient (Wildman–Crippen LogP) is 1.22. The van der Waals surface area contributed by atoms with Gasteiger partial charge in [-0.3, -0.25) is 9.36 Å². The van der Waals surface area contributed by atoms with Gasteiger partial charge >= 0.3 is 0 Å². The number of nitrogens with zero attached hydrogens (tertiary/aromatic N) is 2. The molecular weight excluding hydrogens is 242 g/mol. The fourth-order valence-electron chi connectivity index (χ4n) is 1.93. The molecule has 0 atom stereocenters. The summed E-state index contributed by atoms with van der Waals surface area (Å²) in [6.45, 7) is 1.76. The van der Waals surface area contributed by atoms with Gasteiger partial charge in [0.2, 0.25) is 5.88 Å². The third-order valence-electron chi connectivity index (χ3n) is 3.11. The van der Waals surface area contributed by atoms with Crippen LogP contribution < -0.4 is 10.9 Å². The molecule has 102 valence electrons. The fraction of sp³-hybridized carbons (Fsp3) is 0.357. The Morgan fingerprint density at radius 2 is 2.05 bits per heavy atom. The lowest BCUT2D eigenvalue weighted by atomic mass is 10.1. The minimum Gasteiger partial charge on any atom is -0.494 e. The molecule has 0 aliphatic carbocycles. The number of rotatable bonds is 4. The van der Waals surface area contributed by atoms with E-state index in [4.69, 9.17) is 0 Å². The van der Waals surface area contributed by atoms with Crippen LogP contribution in [0.1, 0.15) is 0 Å². The van der Waals surface area contributed by atoms with Crippen molar-refractivity contribution in [2.75, 3.05) is 32.5 Å². The Balaban J connectivity index is 2.31. The van der Waals surface area contributed by atoms with E-state index in [-0.39, 0.29) is 11.4 Å². The number of anilines is 1. The summed E-state index contributed by atoms with van der Waals surface area (Å²) in [7, 11) is 5.59. The molecule has 0 spiro atoms. The SMILES string of the molecule is CN(C)CCNc1ccc2c(O)n(C)c(=O)cc2c1. The first-order valence-corrected chi connectivity index (χ1v) is 6.20. The second-order valence-corrected chi connectivity index (χ2v) is 4.90. The molecule has 1 aromatic heterocycles. The largest absolute Gasteiger partial charge is 0.494 e. The number of hydrogen-bond acceptors (Lipinski definition) is 4. The monoisotopic (exact) mass is 261 g/mol. The van der Waals surface area contributed by atoms with Crippen LogP contribution in [0.5, 0.6) is 5.88 Å². The van der Waals surface area contributed by atoms with Gasteiger partial charge in [-0.1, -0.05) is 0 Å². The van der Waals surface area contributed by atoms with Gasteiger partial charge in [0.25, 0.3) is 5.56 Å². The van der Waals surface area contributed by atoms with Crippen molar-refractivity contribution in [1.82, 2.24) is 9.47 Å². The summed E-state index contributed by atoms with van der Waals surface area (Å²) in [5.41, 5.74) is 0.734. The zero-order valence-electron chi connectivity index (χ0n) is 11.5. The predicted molar refractivity (Wildman–Crippen MR) is 77.9 cm³/mol. The number of aromatic nitrogens is 1. The zero-order chi connectivity index (χ0) is 14.0. The minimum atomic E-state index is -0.213. The summed E-state index contributed by atoms with van der Waals surface area (Å²) in [6, 6.07) is 7.14. The smallest absolute Gasteiger partial charge is 0.253 e.